The Balaban J connectivity index is 0.997. The number of anilines is 2. The Morgan fingerprint density at radius 2 is 1.68 bits per heavy atom. The molecule has 0 spiro atoms. The van der Waals surface area contributed by atoms with E-state index in [1.807, 2.05) is 47.4 Å². The molecule has 3 aliphatic heterocycles. The lowest BCUT2D eigenvalue weighted by molar-refractivity contribution is -0.141. The quantitative estimate of drug-likeness (QED) is 0.318. The van der Waals surface area contributed by atoms with Crippen LogP contribution in [0.3, 0.4) is 0 Å². The number of nitrogens with one attached hydrogen (secondary N) is 2. The van der Waals surface area contributed by atoms with Gasteiger partial charge in [0.1, 0.15) is 5.82 Å². The van der Waals surface area contributed by atoms with Crippen LogP contribution < -0.4 is 10.2 Å². The van der Waals surface area contributed by atoms with Gasteiger partial charge in [0, 0.05) is 75.0 Å². The van der Waals surface area contributed by atoms with Gasteiger partial charge in [-0.05, 0) is 72.9 Å². The third kappa shape index (κ3) is 6.72. The average Bonchev–Trinajstić information content (AvgIpc) is 3.50. The highest BCUT2D eigenvalue weighted by Crippen LogP contribution is 2.26. The van der Waals surface area contributed by atoms with E-state index in [4.69, 9.17) is 4.74 Å². The maximum atomic E-state index is 13.9. The molecule has 0 aliphatic carbocycles. The molecule has 4 aromatic rings. The van der Waals surface area contributed by atoms with Crippen LogP contribution in [-0.4, -0.2) is 101 Å². The molecule has 2 N–H and O–H groups in total. The van der Waals surface area contributed by atoms with Crippen molar-refractivity contribution in [2.24, 2.45) is 0 Å². The van der Waals surface area contributed by atoms with Crippen molar-refractivity contribution in [2.75, 3.05) is 56.0 Å². The molecule has 2 fully saturated rings. The molecule has 3 aliphatic rings. The van der Waals surface area contributed by atoms with Crippen LogP contribution in [0.15, 0.2) is 72.9 Å². The number of carbonyl (C=O) groups is 3. The van der Waals surface area contributed by atoms with Gasteiger partial charge in [0.15, 0.2) is 6.10 Å². The largest absolute Gasteiger partial charge is 0.436 e. The Labute approximate surface area is 272 Å². The van der Waals surface area contributed by atoms with E-state index >= 15 is 0 Å². The number of carbonyl (C=O) groups excluding carboxylic acids is 3. The zero-order valence-corrected chi connectivity index (χ0v) is 26.1. The molecule has 7 rings (SSSR count). The maximum absolute atomic E-state index is 13.9. The lowest BCUT2D eigenvalue weighted by atomic mass is 10.0. The average molecular weight is 640 g/mol. The van der Waals surface area contributed by atoms with E-state index in [0.717, 1.165) is 39.8 Å². The second-order valence-corrected chi connectivity index (χ2v) is 12.4. The van der Waals surface area contributed by atoms with Crippen LogP contribution in [0, 0.1) is 5.82 Å². The molecule has 0 bridgehead atoms. The van der Waals surface area contributed by atoms with E-state index in [1.165, 1.54) is 12.1 Å². The number of aromatic nitrogens is 2. The van der Waals surface area contributed by atoms with Gasteiger partial charge in [0.2, 0.25) is 0 Å². The number of H-pyrrole nitrogens is 1. The lowest BCUT2D eigenvalue weighted by Gasteiger charge is -2.39. The minimum absolute atomic E-state index is 0.00452. The van der Waals surface area contributed by atoms with Gasteiger partial charge < -0.3 is 29.7 Å². The fourth-order valence-electron chi connectivity index (χ4n) is 6.85. The predicted octanol–water partition coefficient (Wildman–Crippen LogP) is 4.65. The summed E-state index contributed by atoms with van der Waals surface area (Å²) >= 11 is 0. The molecule has 11 nitrogen and oxygen atoms in total. The highest BCUT2D eigenvalue weighted by molar-refractivity contribution is 5.91. The Hall–Kier alpha value is -5.13. The van der Waals surface area contributed by atoms with Crippen molar-refractivity contribution >= 4 is 40.3 Å². The summed E-state index contributed by atoms with van der Waals surface area (Å²) in [6, 6.07) is 19.9. The zero-order valence-electron chi connectivity index (χ0n) is 26.1. The van der Waals surface area contributed by atoms with Gasteiger partial charge in [-0.25, -0.2) is 14.0 Å². The van der Waals surface area contributed by atoms with Gasteiger partial charge in [-0.3, -0.25) is 9.89 Å². The zero-order chi connectivity index (χ0) is 32.3. The normalized spacial score (nSPS) is 18.0. The van der Waals surface area contributed by atoms with Gasteiger partial charge in [-0.2, -0.15) is 5.10 Å². The Morgan fingerprint density at radius 3 is 2.47 bits per heavy atom. The fraction of sp³-hybridized carbons (Fsp3) is 0.371. The molecule has 1 aromatic heterocycles. The van der Waals surface area contributed by atoms with E-state index in [-0.39, 0.29) is 30.2 Å². The minimum atomic E-state index is -1.00. The van der Waals surface area contributed by atoms with Crippen LogP contribution in [0.2, 0.25) is 0 Å². The highest BCUT2D eigenvalue weighted by Gasteiger charge is 2.35. The van der Waals surface area contributed by atoms with Crippen molar-refractivity contribution in [1.29, 1.82) is 0 Å². The minimum Gasteiger partial charge on any atom is -0.436 e. The van der Waals surface area contributed by atoms with Gasteiger partial charge in [0.25, 0.3) is 5.91 Å². The molecule has 1 atom stereocenters. The topological polar surface area (TPSA) is 114 Å². The van der Waals surface area contributed by atoms with Crippen molar-refractivity contribution in [3.8, 4) is 0 Å². The number of hydrogen-bond acceptors (Lipinski definition) is 6. The first-order valence-corrected chi connectivity index (χ1v) is 16.2. The van der Waals surface area contributed by atoms with Crippen LogP contribution in [0.1, 0.15) is 24.0 Å². The summed E-state index contributed by atoms with van der Waals surface area (Å²) in [6.07, 6.45) is 2.45. The van der Waals surface area contributed by atoms with Crippen LogP contribution in [0.5, 0.6) is 0 Å². The van der Waals surface area contributed by atoms with E-state index < -0.39 is 12.2 Å². The summed E-state index contributed by atoms with van der Waals surface area (Å²) in [5.41, 5.74) is 4.61. The molecule has 0 radical (unpaired) electrons. The maximum Gasteiger partial charge on any atom is 0.410 e. The van der Waals surface area contributed by atoms with E-state index in [0.29, 0.717) is 58.7 Å². The first kappa shape index (κ1) is 30.5. The summed E-state index contributed by atoms with van der Waals surface area (Å²) in [7, 11) is 0. The second kappa shape index (κ2) is 13.3. The Morgan fingerprint density at radius 1 is 0.915 bits per heavy atom. The molecule has 244 valence electrons. The third-order valence-electron chi connectivity index (χ3n) is 9.53. The summed E-state index contributed by atoms with van der Waals surface area (Å²) in [5.74, 6) is -0.524. The molecular weight excluding hydrogens is 601 g/mol. The molecule has 47 heavy (non-hydrogen) atoms. The SMILES string of the molecule is O=C(OC(Cc1ccc2[nH]ncc2c1)C(=O)N1CCN(c2ccc(F)cc2)CC1)N1CCC(N2CCc3ccccc3NC2=O)CC1. The number of ether oxygens (including phenoxy) is 1. The van der Waals surface area contributed by atoms with Gasteiger partial charge in [0.05, 0.1) is 11.7 Å². The Bertz CT molecular complexity index is 1750. The van der Waals surface area contributed by atoms with Crippen molar-refractivity contribution in [3.63, 3.8) is 0 Å². The van der Waals surface area contributed by atoms with E-state index in [9.17, 15) is 18.8 Å². The number of halogens is 1. The predicted molar refractivity (Wildman–Crippen MR) is 176 cm³/mol. The molecular formula is C35H38FN7O4. The Kier molecular flexibility index (Phi) is 8.64. The number of benzene rings is 3. The molecule has 12 heteroatoms. The summed E-state index contributed by atoms with van der Waals surface area (Å²) in [6.45, 7) is 3.56. The first-order valence-electron chi connectivity index (χ1n) is 16.2. The number of piperazine rings is 1. The van der Waals surface area contributed by atoms with Crippen molar-refractivity contribution < 1.29 is 23.5 Å². The summed E-state index contributed by atoms with van der Waals surface area (Å²) in [4.78, 5) is 47.9. The molecule has 1 unspecified atom stereocenters. The number of hydrogen-bond donors (Lipinski definition) is 2. The van der Waals surface area contributed by atoms with Gasteiger partial charge in [-0.1, -0.05) is 24.3 Å². The fourth-order valence-corrected chi connectivity index (χ4v) is 6.85. The smallest absolute Gasteiger partial charge is 0.410 e. The number of rotatable bonds is 6. The van der Waals surface area contributed by atoms with Crippen LogP contribution >= 0.6 is 0 Å². The van der Waals surface area contributed by atoms with Crippen molar-refractivity contribution in [1.82, 2.24) is 24.9 Å². The number of fused-ring (bicyclic) bond motifs is 2. The standard InChI is InChI=1S/C35H38FN7O4/c36-27-6-8-28(9-7-27)40-17-19-41(20-18-40)33(44)32(22-24-5-10-31-26(21-24)23-37-39-31)47-35(46)42-14-12-29(13-15-42)43-16-11-25-3-1-2-4-30(25)38-34(43)45/h1-10,21,23,29,32H,11-20,22H2,(H,37,39)(H,38,45). The summed E-state index contributed by atoms with van der Waals surface area (Å²) in [5, 5.41) is 11.0. The van der Waals surface area contributed by atoms with Crippen LogP contribution in [-0.2, 0) is 22.4 Å². The van der Waals surface area contributed by atoms with Gasteiger partial charge in [-0.15, -0.1) is 0 Å². The third-order valence-corrected chi connectivity index (χ3v) is 9.53. The number of amides is 4. The number of nitrogens with zero attached hydrogens (tertiary/aromatic N) is 5. The summed E-state index contributed by atoms with van der Waals surface area (Å²) < 4.78 is 19.5. The molecule has 3 aromatic carbocycles. The lowest BCUT2D eigenvalue weighted by Crippen LogP contribution is -2.54. The monoisotopic (exact) mass is 639 g/mol. The molecule has 4 amide bonds. The molecule has 0 saturated carbocycles. The highest BCUT2D eigenvalue weighted by atomic mass is 19.1. The number of piperidine rings is 1. The van der Waals surface area contributed by atoms with E-state index in [1.54, 1.807) is 28.1 Å². The van der Waals surface area contributed by atoms with Crippen molar-refractivity contribution in [3.05, 3.63) is 89.9 Å². The number of aromatic amines is 1. The first-order chi connectivity index (χ1) is 22.9. The van der Waals surface area contributed by atoms with Crippen LogP contribution in [0.25, 0.3) is 10.9 Å². The second-order valence-electron chi connectivity index (χ2n) is 12.4. The van der Waals surface area contributed by atoms with Crippen LogP contribution in [0.4, 0.5) is 25.4 Å². The number of para-hydroxylation sites is 1. The molecule has 4 heterocycles. The molecule has 2 saturated heterocycles. The van der Waals surface area contributed by atoms with Gasteiger partial charge >= 0.3 is 12.1 Å². The van der Waals surface area contributed by atoms with E-state index in [2.05, 4.69) is 20.4 Å². The van der Waals surface area contributed by atoms with Crippen molar-refractivity contribution in [2.45, 2.75) is 37.8 Å². The number of urea groups is 1. The number of likely N-dealkylation sites (tertiary alicyclic amines) is 1.